The summed E-state index contributed by atoms with van der Waals surface area (Å²) in [5.74, 6) is 0.862. The second kappa shape index (κ2) is 4.99. The average molecular weight is 289 g/mol. The monoisotopic (exact) mass is 289 g/mol. The van der Waals surface area contributed by atoms with Crippen LogP contribution in [0.4, 0.5) is 0 Å². The van der Waals surface area contributed by atoms with Crippen molar-refractivity contribution < 1.29 is 14.0 Å². The molecule has 0 atom stereocenters. The first-order valence-electron chi connectivity index (χ1n) is 7.84. The molecular formula is C16H24BNO3. The topological polar surface area (TPSA) is 40.6 Å². The van der Waals surface area contributed by atoms with Crippen LogP contribution in [0.5, 0.6) is 5.75 Å². The van der Waals surface area contributed by atoms with Crippen LogP contribution in [-0.4, -0.2) is 29.4 Å². The smallest absolute Gasteiger partial charge is 0.489 e. The van der Waals surface area contributed by atoms with Gasteiger partial charge in [0, 0.05) is 11.7 Å². The Morgan fingerprint density at radius 3 is 2.38 bits per heavy atom. The van der Waals surface area contributed by atoms with Gasteiger partial charge in [-0.2, -0.15) is 0 Å². The van der Waals surface area contributed by atoms with Gasteiger partial charge in [-0.15, -0.1) is 0 Å². The number of pyridine rings is 1. The summed E-state index contributed by atoms with van der Waals surface area (Å²) >= 11 is 0. The van der Waals surface area contributed by atoms with E-state index in [0.717, 1.165) is 36.2 Å². The summed E-state index contributed by atoms with van der Waals surface area (Å²) < 4.78 is 18.4. The van der Waals surface area contributed by atoms with E-state index in [-0.39, 0.29) is 11.2 Å². The molecule has 1 aliphatic heterocycles. The first-order valence-corrected chi connectivity index (χ1v) is 7.84. The molecule has 1 saturated heterocycles. The molecule has 4 nitrogen and oxygen atoms in total. The molecule has 0 N–H and O–H groups in total. The SMILES string of the molecule is CCc1nccc(B2OC(C)(C)C(C)(C)O2)c1OC1CC1. The van der Waals surface area contributed by atoms with Gasteiger partial charge < -0.3 is 14.0 Å². The Labute approximate surface area is 127 Å². The van der Waals surface area contributed by atoms with Crippen molar-refractivity contribution in [2.45, 2.75) is 71.2 Å². The average Bonchev–Trinajstić information content (AvgIpc) is 3.17. The third-order valence-electron chi connectivity index (χ3n) is 4.66. The Hall–Kier alpha value is -1.07. The van der Waals surface area contributed by atoms with E-state index in [4.69, 9.17) is 14.0 Å². The minimum Gasteiger partial charge on any atom is -0.489 e. The molecule has 2 heterocycles. The van der Waals surface area contributed by atoms with Crippen molar-refractivity contribution in [1.29, 1.82) is 0 Å². The zero-order valence-electron chi connectivity index (χ0n) is 13.6. The van der Waals surface area contributed by atoms with E-state index >= 15 is 0 Å². The quantitative estimate of drug-likeness (QED) is 0.798. The fourth-order valence-corrected chi connectivity index (χ4v) is 2.40. The minimum absolute atomic E-state index is 0.334. The van der Waals surface area contributed by atoms with Crippen molar-refractivity contribution in [1.82, 2.24) is 4.98 Å². The first kappa shape index (κ1) is 14.9. The van der Waals surface area contributed by atoms with Crippen molar-refractivity contribution in [2.24, 2.45) is 0 Å². The lowest BCUT2D eigenvalue weighted by molar-refractivity contribution is 0.00578. The molecule has 0 unspecified atom stereocenters. The zero-order chi connectivity index (χ0) is 15.3. The predicted octanol–water partition coefficient (Wildman–Crippen LogP) is 2.48. The number of ether oxygens (including phenoxy) is 1. The summed E-state index contributed by atoms with van der Waals surface area (Å²) in [5, 5.41) is 0. The van der Waals surface area contributed by atoms with Crippen LogP contribution in [0.25, 0.3) is 0 Å². The van der Waals surface area contributed by atoms with Gasteiger partial charge in [-0.1, -0.05) is 6.92 Å². The molecule has 3 rings (SSSR count). The molecule has 0 radical (unpaired) electrons. The lowest BCUT2D eigenvalue weighted by Gasteiger charge is -2.32. The van der Waals surface area contributed by atoms with Crippen LogP contribution in [0.3, 0.4) is 0 Å². The molecular weight excluding hydrogens is 265 g/mol. The van der Waals surface area contributed by atoms with Gasteiger partial charge in [-0.25, -0.2) is 0 Å². The second-order valence-electron chi connectivity index (χ2n) is 6.94. The Morgan fingerprint density at radius 1 is 1.24 bits per heavy atom. The van der Waals surface area contributed by atoms with E-state index in [2.05, 4.69) is 39.6 Å². The standard InChI is InChI=1S/C16H24BNO3/c1-6-13-14(19-11-7-8-11)12(9-10-18-13)17-20-15(2,3)16(4,5)21-17/h9-11H,6-8H2,1-5H3. The predicted molar refractivity (Wildman–Crippen MR) is 83.0 cm³/mol. The number of aryl methyl sites for hydroxylation is 1. The Bertz CT molecular complexity index is 524. The van der Waals surface area contributed by atoms with Crippen molar-refractivity contribution in [3.8, 4) is 5.75 Å². The summed E-state index contributed by atoms with van der Waals surface area (Å²) in [6.07, 6.45) is 5.25. The second-order valence-corrected chi connectivity index (χ2v) is 6.94. The van der Waals surface area contributed by atoms with Crippen molar-refractivity contribution >= 4 is 12.6 Å². The highest BCUT2D eigenvalue weighted by molar-refractivity contribution is 6.63. The van der Waals surface area contributed by atoms with Crippen LogP contribution >= 0.6 is 0 Å². The molecule has 5 heteroatoms. The maximum atomic E-state index is 6.16. The molecule has 0 bridgehead atoms. The molecule has 1 aliphatic carbocycles. The van der Waals surface area contributed by atoms with Gasteiger partial charge in [0.2, 0.25) is 0 Å². The van der Waals surface area contributed by atoms with Gasteiger partial charge in [0.05, 0.1) is 23.0 Å². The fourth-order valence-electron chi connectivity index (χ4n) is 2.40. The lowest BCUT2D eigenvalue weighted by Crippen LogP contribution is -2.41. The van der Waals surface area contributed by atoms with Crippen molar-refractivity contribution in [3.05, 3.63) is 18.0 Å². The molecule has 1 aromatic heterocycles. The van der Waals surface area contributed by atoms with E-state index in [0.29, 0.717) is 6.10 Å². The largest absolute Gasteiger partial charge is 0.498 e. The Kier molecular flexibility index (Phi) is 3.53. The molecule has 1 aromatic rings. The Balaban J connectivity index is 1.95. The molecule has 1 saturated carbocycles. The maximum Gasteiger partial charge on any atom is 0.498 e. The van der Waals surface area contributed by atoms with Gasteiger partial charge in [0.1, 0.15) is 5.75 Å². The number of nitrogens with zero attached hydrogens (tertiary/aromatic N) is 1. The maximum absolute atomic E-state index is 6.16. The molecule has 114 valence electrons. The van der Waals surface area contributed by atoms with Crippen LogP contribution in [-0.2, 0) is 15.7 Å². The summed E-state index contributed by atoms with van der Waals surface area (Å²) in [7, 11) is -0.392. The number of aromatic nitrogens is 1. The van der Waals surface area contributed by atoms with Crippen LogP contribution in [0.2, 0.25) is 0 Å². The number of rotatable bonds is 4. The zero-order valence-corrected chi connectivity index (χ0v) is 13.6. The van der Waals surface area contributed by atoms with E-state index in [9.17, 15) is 0 Å². The summed E-state index contributed by atoms with van der Waals surface area (Å²) in [4.78, 5) is 4.45. The normalized spacial score (nSPS) is 23.4. The van der Waals surface area contributed by atoms with Crippen LogP contribution in [0, 0.1) is 0 Å². The highest BCUT2D eigenvalue weighted by atomic mass is 16.7. The molecule has 0 amide bonds. The van der Waals surface area contributed by atoms with Crippen LogP contribution in [0.1, 0.15) is 53.2 Å². The van der Waals surface area contributed by atoms with Crippen LogP contribution in [0.15, 0.2) is 12.3 Å². The van der Waals surface area contributed by atoms with Crippen molar-refractivity contribution in [2.75, 3.05) is 0 Å². The van der Waals surface area contributed by atoms with Gasteiger partial charge in [-0.05, 0) is 53.0 Å². The highest BCUT2D eigenvalue weighted by Crippen LogP contribution is 2.38. The van der Waals surface area contributed by atoms with E-state index in [1.807, 2.05) is 12.3 Å². The van der Waals surface area contributed by atoms with Crippen molar-refractivity contribution in [3.63, 3.8) is 0 Å². The number of hydrogen-bond donors (Lipinski definition) is 0. The van der Waals surface area contributed by atoms with Gasteiger partial charge in [0.15, 0.2) is 0 Å². The van der Waals surface area contributed by atoms with E-state index < -0.39 is 7.12 Å². The highest BCUT2D eigenvalue weighted by Gasteiger charge is 2.52. The van der Waals surface area contributed by atoms with Gasteiger partial charge in [-0.3, -0.25) is 4.98 Å². The van der Waals surface area contributed by atoms with E-state index in [1.165, 1.54) is 0 Å². The van der Waals surface area contributed by atoms with Gasteiger partial charge >= 0.3 is 7.12 Å². The van der Waals surface area contributed by atoms with E-state index in [1.54, 1.807) is 0 Å². The summed E-state index contributed by atoms with van der Waals surface area (Å²) in [6.45, 7) is 10.4. The third kappa shape index (κ3) is 2.69. The number of hydrogen-bond acceptors (Lipinski definition) is 4. The summed E-state index contributed by atoms with van der Waals surface area (Å²) in [5.41, 5.74) is 1.26. The molecule has 21 heavy (non-hydrogen) atoms. The molecule has 0 aromatic carbocycles. The lowest BCUT2D eigenvalue weighted by atomic mass is 9.78. The molecule has 2 aliphatic rings. The third-order valence-corrected chi connectivity index (χ3v) is 4.66. The Morgan fingerprint density at radius 2 is 1.86 bits per heavy atom. The fraction of sp³-hybridized carbons (Fsp3) is 0.688. The molecule has 2 fully saturated rings. The summed E-state index contributed by atoms with van der Waals surface area (Å²) in [6, 6.07) is 1.96. The first-order chi connectivity index (χ1) is 9.84. The molecule has 0 spiro atoms. The van der Waals surface area contributed by atoms with Crippen LogP contribution < -0.4 is 10.2 Å². The minimum atomic E-state index is -0.392. The van der Waals surface area contributed by atoms with Gasteiger partial charge in [0.25, 0.3) is 0 Å².